The van der Waals surface area contributed by atoms with E-state index in [9.17, 15) is 4.79 Å². The van der Waals surface area contributed by atoms with Crippen molar-refractivity contribution in [2.75, 3.05) is 0 Å². The molecule has 174 valence electrons. The predicted octanol–water partition coefficient (Wildman–Crippen LogP) is 8.23. The first-order valence-electron chi connectivity index (χ1n) is 13.7. The lowest BCUT2D eigenvalue weighted by Gasteiger charge is -2.61. The van der Waals surface area contributed by atoms with Gasteiger partial charge in [0.25, 0.3) is 0 Å². The third kappa shape index (κ3) is 2.70. The van der Waals surface area contributed by atoms with Crippen molar-refractivity contribution in [3.8, 4) is 0 Å². The molecule has 0 N–H and O–H groups in total. The summed E-state index contributed by atoms with van der Waals surface area (Å²) in [6.07, 6.45) is 14.8. The van der Waals surface area contributed by atoms with Crippen LogP contribution in [0.4, 0.5) is 0 Å². The molecule has 5 aliphatic carbocycles. The lowest BCUT2D eigenvalue weighted by molar-refractivity contribution is -0.146. The molecule has 5 rings (SSSR count). The summed E-state index contributed by atoms with van der Waals surface area (Å²) in [7, 11) is 0. The first-order valence-corrected chi connectivity index (χ1v) is 13.7. The molecule has 5 fully saturated rings. The van der Waals surface area contributed by atoms with Crippen LogP contribution in [0.25, 0.3) is 0 Å². The maximum absolute atomic E-state index is 12.5. The van der Waals surface area contributed by atoms with Crippen LogP contribution in [-0.4, -0.2) is 5.78 Å². The van der Waals surface area contributed by atoms with Gasteiger partial charge in [-0.25, -0.2) is 0 Å². The molecule has 0 aromatic rings. The van der Waals surface area contributed by atoms with Crippen molar-refractivity contribution < 1.29 is 4.79 Å². The molecule has 1 heteroatoms. The number of allylic oxidation sites excluding steroid dienone is 1. The number of ketones is 1. The van der Waals surface area contributed by atoms with Crippen molar-refractivity contribution in [3.05, 3.63) is 12.2 Å². The van der Waals surface area contributed by atoms with Gasteiger partial charge < -0.3 is 0 Å². The number of rotatable bonds is 5. The summed E-state index contributed by atoms with van der Waals surface area (Å²) >= 11 is 0. The Kier molecular flexibility index (Phi) is 4.99. The molecule has 31 heavy (non-hydrogen) atoms. The molecule has 0 bridgehead atoms. The van der Waals surface area contributed by atoms with Gasteiger partial charge >= 0.3 is 0 Å². The Morgan fingerprint density at radius 2 is 1.74 bits per heavy atom. The second-order valence-corrected chi connectivity index (χ2v) is 13.8. The highest BCUT2D eigenvalue weighted by molar-refractivity contribution is 5.82. The second kappa shape index (κ2) is 6.96. The highest BCUT2D eigenvalue weighted by Crippen LogP contribution is 2.88. The largest absolute Gasteiger partial charge is 0.299 e. The Morgan fingerprint density at radius 1 is 1.00 bits per heavy atom. The molecule has 2 spiro atoms. The number of carbonyl (C=O) groups is 1. The Labute approximate surface area is 192 Å². The van der Waals surface area contributed by atoms with Crippen molar-refractivity contribution in [1.29, 1.82) is 0 Å². The van der Waals surface area contributed by atoms with Gasteiger partial charge in [-0.05, 0) is 122 Å². The molecular weight excluding hydrogens is 376 g/mol. The summed E-state index contributed by atoms with van der Waals surface area (Å²) in [4.78, 5) is 12.5. The Morgan fingerprint density at radius 3 is 2.45 bits per heavy atom. The predicted molar refractivity (Wildman–Crippen MR) is 130 cm³/mol. The molecule has 1 nitrogen and oxygen atoms in total. The smallest absolute Gasteiger partial charge is 0.136 e. The van der Waals surface area contributed by atoms with Crippen LogP contribution in [0.2, 0.25) is 0 Å². The number of hydrogen-bond donors (Lipinski definition) is 0. The Bertz CT molecular complexity index is 781. The van der Waals surface area contributed by atoms with E-state index in [1.54, 1.807) is 0 Å². The lowest BCUT2D eigenvalue weighted by atomic mass is 9.43. The molecule has 0 amide bonds. The molecule has 0 aliphatic heterocycles. The van der Waals surface area contributed by atoms with E-state index < -0.39 is 0 Å². The SMILES string of the molecule is C=C(C)[C@@H](C)CC[C@@H](C)[C@H]1CCC2(C)[C@@H]3CC[C@H]4[C@H](C)C(=O)CC[C@@]45CC35CC[C@]12C. The third-order valence-corrected chi connectivity index (χ3v) is 13.1. The summed E-state index contributed by atoms with van der Waals surface area (Å²) in [5.74, 6) is 4.92. The van der Waals surface area contributed by atoms with Gasteiger partial charge in [-0.2, -0.15) is 0 Å². The van der Waals surface area contributed by atoms with Gasteiger partial charge in [0.05, 0.1) is 0 Å². The fourth-order valence-corrected chi connectivity index (χ4v) is 10.8. The molecule has 0 aromatic heterocycles. The van der Waals surface area contributed by atoms with E-state index >= 15 is 0 Å². The fraction of sp³-hybridized carbons (Fsp3) is 0.900. The highest BCUT2D eigenvalue weighted by atomic mass is 16.1. The zero-order valence-electron chi connectivity index (χ0n) is 21.4. The molecule has 5 aliphatic rings. The monoisotopic (exact) mass is 424 g/mol. The van der Waals surface area contributed by atoms with E-state index in [0.29, 0.717) is 45.2 Å². The minimum Gasteiger partial charge on any atom is -0.299 e. The Balaban J connectivity index is 1.38. The average Bonchev–Trinajstić information content (AvgIpc) is 3.31. The van der Waals surface area contributed by atoms with Gasteiger partial charge in [0.15, 0.2) is 0 Å². The van der Waals surface area contributed by atoms with E-state index in [0.717, 1.165) is 24.2 Å². The molecule has 0 radical (unpaired) electrons. The molecule has 5 saturated carbocycles. The van der Waals surface area contributed by atoms with Crippen molar-refractivity contribution >= 4 is 5.78 Å². The van der Waals surface area contributed by atoms with E-state index in [2.05, 4.69) is 48.1 Å². The minimum absolute atomic E-state index is 0.335. The van der Waals surface area contributed by atoms with E-state index in [4.69, 9.17) is 0 Å². The van der Waals surface area contributed by atoms with E-state index in [1.807, 2.05) is 0 Å². The number of Topliss-reactive ketones (excluding diaryl/α,β-unsaturated/α-hetero) is 1. The Hall–Kier alpha value is -0.590. The first kappa shape index (κ1) is 22.2. The molecule has 10 atom stereocenters. The van der Waals surface area contributed by atoms with Crippen molar-refractivity contribution in [3.63, 3.8) is 0 Å². The molecule has 0 saturated heterocycles. The van der Waals surface area contributed by atoms with E-state index in [1.165, 1.54) is 69.8 Å². The van der Waals surface area contributed by atoms with Gasteiger partial charge in [0.1, 0.15) is 5.78 Å². The summed E-state index contributed by atoms with van der Waals surface area (Å²) in [6, 6.07) is 0. The van der Waals surface area contributed by atoms with E-state index in [-0.39, 0.29) is 0 Å². The fourth-order valence-electron chi connectivity index (χ4n) is 10.8. The maximum atomic E-state index is 12.5. The third-order valence-electron chi connectivity index (χ3n) is 13.1. The van der Waals surface area contributed by atoms with Crippen molar-refractivity contribution in [2.45, 2.75) is 112 Å². The van der Waals surface area contributed by atoms with Crippen LogP contribution in [0, 0.1) is 57.2 Å². The van der Waals surface area contributed by atoms with Crippen LogP contribution in [0.15, 0.2) is 12.2 Å². The van der Waals surface area contributed by atoms with Crippen molar-refractivity contribution in [1.82, 2.24) is 0 Å². The average molecular weight is 425 g/mol. The van der Waals surface area contributed by atoms with Crippen LogP contribution in [0.1, 0.15) is 112 Å². The van der Waals surface area contributed by atoms with Gasteiger partial charge in [-0.15, -0.1) is 0 Å². The number of fused-ring (bicyclic) bond motifs is 2. The first-order chi connectivity index (χ1) is 14.5. The molecule has 0 aromatic carbocycles. The number of carbonyl (C=O) groups excluding carboxylic acids is 1. The summed E-state index contributed by atoms with van der Waals surface area (Å²) < 4.78 is 0. The topological polar surface area (TPSA) is 17.1 Å². The minimum atomic E-state index is 0.335. The van der Waals surface area contributed by atoms with Gasteiger partial charge in [-0.3, -0.25) is 4.79 Å². The zero-order valence-corrected chi connectivity index (χ0v) is 21.4. The maximum Gasteiger partial charge on any atom is 0.136 e. The number of hydrogen-bond acceptors (Lipinski definition) is 1. The van der Waals surface area contributed by atoms with Crippen LogP contribution < -0.4 is 0 Å². The van der Waals surface area contributed by atoms with Crippen LogP contribution in [0.3, 0.4) is 0 Å². The summed E-state index contributed by atoms with van der Waals surface area (Å²) in [5.41, 5.74) is 3.54. The second-order valence-electron chi connectivity index (χ2n) is 13.8. The molecule has 0 heterocycles. The molecule has 2 unspecified atom stereocenters. The van der Waals surface area contributed by atoms with Gasteiger partial charge in [0, 0.05) is 12.3 Å². The standard InChI is InChI=1S/C30H48O/c1-19(2)20(3)8-9-21(4)23-12-14-28(7)26-11-10-24-22(5)25(31)13-15-29(24)18-30(26,29)17-16-27(23,28)6/h20-24,26H,1,8-18H2,2-7H3/t20-,21+,22-,23+,24-,26-,27+,28?,29+,30?/m0/s1. The quantitative estimate of drug-likeness (QED) is 0.406. The van der Waals surface area contributed by atoms with Gasteiger partial charge in [-0.1, -0.05) is 46.8 Å². The lowest BCUT2D eigenvalue weighted by Crippen LogP contribution is -2.55. The zero-order chi connectivity index (χ0) is 22.4. The summed E-state index contributed by atoms with van der Waals surface area (Å²) in [6.45, 7) is 19.0. The van der Waals surface area contributed by atoms with Crippen LogP contribution in [-0.2, 0) is 4.79 Å². The summed E-state index contributed by atoms with van der Waals surface area (Å²) in [5, 5.41) is 0. The van der Waals surface area contributed by atoms with Gasteiger partial charge in [0.2, 0.25) is 0 Å². The highest BCUT2D eigenvalue weighted by Gasteiger charge is 2.81. The normalized spacial score (nSPS) is 52.4. The van der Waals surface area contributed by atoms with Crippen LogP contribution in [0.5, 0.6) is 0 Å². The van der Waals surface area contributed by atoms with Crippen LogP contribution >= 0.6 is 0 Å². The van der Waals surface area contributed by atoms with Crippen molar-refractivity contribution in [2.24, 2.45) is 57.2 Å². The molecular formula is C30H48O.